The van der Waals surface area contributed by atoms with E-state index in [1.54, 1.807) is 59.5 Å². The van der Waals surface area contributed by atoms with Gasteiger partial charge in [0.05, 0.1) is 23.5 Å². The largest absolute Gasteiger partial charge is 0.357 e. The first-order chi connectivity index (χ1) is 20.4. The van der Waals surface area contributed by atoms with Crippen molar-refractivity contribution in [3.05, 3.63) is 102 Å². The van der Waals surface area contributed by atoms with E-state index in [1.165, 1.54) is 22.6 Å². The van der Waals surface area contributed by atoms with Crippen molar-refractivity contribution >= 4 is 27.7 Å². The molecule has 0 amide bonds. The van der Waals surface area contributed by atoms with E-state index in [0.29, 0.717) is 23.4 Å². The predicted octanol–water partition coefficient (Wildman–Crippen LogP) is 4.48. The second-order valence-electron chi connectivity index (χ2n) is 10.9. The van der Waals surface area contributed by atoms with Gasteiger partial charge in [-0.05, 0) is 73.9 Å². The number of ketones is 1. The lowest BCUT2D eigenvalue weighted by molar-refractivity contribution is 0.0918. The number of hydrogen-bond donors (Lipinski definition) is 0. The molecule has 0 radical (unpaired) electrons. The smallest absolute Gasteiger partial charge is 0.244 e. The number of sulfonamides is 1. The first-order valence-corrected chi connectivity index (χ1v) is 15.5. The number of halogens is 1. The molecule has 0 N–H and O–H groups in total. The van der Waals surface area contributed by atoms with Crippen LogP contribution in [-0.2, 0) is 10.0 Å². The van der Waals surface area contributed by atoms with Crippen LogP contribution in [0, 0.1) is 11.7 Å². The number of pyridine rings is 2. The van der Waals surface area contributed by atoms with Crippen molar-refractivity contribution in [3.8, 4) is 5.69 Å². The number of Topliss-reactive ketones (excluding diaryl/α,β-unsaturated/α-hetero) is 1. The van der Waals surface area contributed by atoms with Crippen molar-refractivity contribution in [2.24, 2.45) is 5.92 Å². The Morgan fingerprint density at radius 3 is 2.45 bits per heavy atom. The molecule has 0 saturated carbocycles. The number of nitrogens with zero attached hydrogens (tertiary/aromatic N) is 6. The van der Waals surface area contributed by atoms with E-state index in [9.17, 15) is 17.6 Å². The van der Waals surface area contributed by atoms with Crippen LogP contribution in [0.5, 0.6) is 0 Å². The van der Waals surface area contributed by atoms with Crippen LogP contribution in [0.2, 0.25) is 0 Å². The number of anilines is 1. The zero-order valence-corrected chi connectivity index (χ0v) is 23.6. The van der Waals surface area contributed by atoms with E-state index in [1.807, 2.05) is 6.08 Å². The molecule has 2 fully saturated rings. The van der Waals surface area contributed by atoms with Gasteiger partial charge in [0.15, 0.2) is 5.78 Å². The minimum absolute atomic E-state index is 0.145. The Bertz CT molecular complexity index is 1770. The molecule has 42 heavy (non-hydrogen) atoms. The quantitative estimate of drug-likeness (QED) is 0.308. The fourth-order valence-corrected chi connectivity index (χ4v) is 7.73. The number of benzene rings is 1. The summed E-state index contributed by atoms with van der Waals surface area (Å²) in [6, 6.07) is 14.6. The van der Waals surface area contributed by atoms with Gasteiger partial charge in [0.1, 0.15) is 22.2 Å². The molecule has 1 aliphatic carbocycles. The molecule has 9 nitrogen and oxygen atoms in total. The zero-order chi connectivity index (χ0) is 28.8. The molecule has 5 heterocycles. The van der Waals surface area contributed by atoms with Crippen LogP contribution in [0.15, 0.2) is 83.7 Å². The molecule has 0 unspecified atom stereocenters. The lowest BCUT2D eigenvalue weighted by atomic mass is 9.72. The summed E-state index contributed by atoms with van der Waals surface area (Å²) in [5.74, 6) is -0.830. The molecule has 0 spiro atoms. The van der Waals surface area contributed by atoms with Gasteiger partial charge >= 0.3 is 0 Å². The van der Waals surface area contributed by atoms with Gasteiger partial charge in [-0.25, -0.2) is 22.5 Å². The number of carbonyl (C=O) groups is 1. The summed E-state index contributed by atoms with van der Waals surface area (Å²) in [6.45, 7) is 2.27. The topological polar surface area (TPSA) is 101 Å². The summed E-state index contributed by atoms with van der Waals surface area (Å²) in [4.78, 5) is 25.1. The van der Waals surface area contributed by atoms with E-state index < -0.39 is 21.9 Å². The monoisotopic (exact) mass is 584 g/mol. The summed E-state index contributed by atoms with van der Waals surface area (Å²) in [5.41, 5.74) is 3.39. The molecule has 2 atom stereocenters. The Labute approximate surface area is 243 Å². The van der Waals surface area contributed by atoms with E-state index in [-0.39, 0.29) is 29.6 Å². The van der Waals surface area contributed by atoms with Crippen LogP contribution in [0.25, 0.3) is 11.8 Å². The number of hydrogen-bond acceptors (Lipinski definition) is 7. The van der Waals surface area contributed by atoms with Gasteiger partial charge in [0.2, 0.25) is 10.0 Å². The van der Waals surface area contributed by atoms with Crippen molar-refractivity contribution in [3.63, 3.8) is 0 Å². The molecule has 214 valence electrons. The summed E-state index contributed by atoms with van der Waals surface area (Å²) in [7, 11) is -3.84. The predicted molar refractivity (Wildman–Crippen MR) is 155 cm³/mol. The average molecular weight is 585 g/mol. The molecule has 2 saturated heterocycles. The van der Waals surface area contributed by atoms with Crippen molar-refractivity contribution < 1.29 is 17.6 Å². The van der Waals surface area contributed by atoms with E-state index in [4.69, 9.17) is 0 Å². The summed E-state index contributed by atoms with van der Waals surface area (Å²) >= 11 is 0. The van der Waals surface area contributed by atoms with Crippen molar-refractivity contribution in [2.75, 3.05) is 31.1 Å². The number of carbonyl (C=O) groups excluding carboxylic acids is 1. The van der Waals surface area contributed by atoms with Gasteiger partial charge in [0, 0.05) is 50.1 Å². The van der Waals surface area contributed by atoms with Gasteiger partial charge in [-0.15, -0.1) is 0 Å². The first kappa shape index (κ1) is 26.7. The number of fused-ring (bicyclic) bond motifs is 2. The van der Waals surface area contributed by atoms with E-state index in [2.05, 4.69) is 20.0 Å². The Morgan fingerprint density at radius 2 is 1.74 bits per heavy atom. The minimum atomic E-state index is -3.84. The first-order valence-electron chi connectivity index (χ1n) is 14.1. The normalized spacial score (nSPS) is 20.6. The molecule has 4 aromatic rings. The highest BCUT2D eigenvalue weighted by molar-refractivity contribution is 7.89. The molecule has 3 aliphatic rings. The van der Waals surface area contributed by atoms with Gasteiger partial charge in [0.25, 0.3) is 0 Å². The third kappa shape index (κ3) is 4.62. The second-order valence-corrected chi connectivity index (χ2v) is 12.9. The van der Waals surface area contributed by atoms with Crippen LogP contribution in [0.1, 0.15) is 46.9 Å². The number of rotatable bonds is 6. The van der Waals surface area contributed by atoms with Gasteiger partial charge < -0.3 is 4.90 Å². The van der Waals surface area contributed by atoms with E-state index >= 15 is 0 Å². The maximum absolute atomic E-state index is 14.0. The van der Waals surface area contributed by atoms with Crippen LogP contribution in [-0.4, -0.2) is 64.4 Å². The van der Waals surface area contributed by atoms with Gasteiger partial charge in [-0.1, -0.05) is 11.6 Å². The van der Waals surface area contributed by atoms with Crippen LogP contribution >= 0.6 is 0 Å². The minimum Gasteiger partial charge on any atom is -0.357 e. The summed E-state index contributed by atoms with van der Waals surface area (Å²) in [5, 5.41) is 4.57. The molecular formula is C31H29FN6O3S. The molecule has 0 bridgehead atoms. The lowest BCUT2D eigenvalue weighted by Crippen LogP contribution is -2.45. The Balaban J connectivity index is 1.24. The molecule has 3 aromatic heterocycles. The maximum atomic E-state index is 14.0. The Kier molecular flexibility index (Phi) is 6.70. The van der Waals surface area contributed by atoms with Crippen LogP contribution in [0.4, 0.5) is 10.2 Å². The lowest BCUT2D eigenvalue weighted by Gasteiger charge is -2.39. The highest BCUT2D eigenvalue weighted by atomic mass is 32.2. The Morgan fingerprint density at radius 1 is 0.929 bits per heavy atom. The third-order valence-corrected chi connectivity index (χ3v) is 10.3. The van der Waals surface area contributed by atoms with Crippen LogP contribution in [0.3, 0.4) is 0 Å². The molecule has 7 rings (SSSR count). The highest BCUT2D eigenvalue weighted by Crippen LogP contribution is 2.45. The summed E-state index contributed by atoms with van der Waals surface area (Å²) < 4.78 is 44.4. The van der Waals surface area contributed by atoms with Crippen molar-refractivity contribution in [1.29, 1.82) is 0 Å². The fraction of sp³-hybridized carbons (Fsp3) is 0.290. The van der Waals surface area contributed by atoms with Crippen LogP contribution < -0.4 is 4.90 Å². The summed E-state index contributed by atoms with van der Waals surface area (Å²) in [6.07, 6.45) is 9.36. The molecule has 11 heteroatoms. The number of piperidine rings is 1. The average Bonchev–Trinajstić information content (AvgIpc) is 3.71. The molecule has 2 aliphatic heterocycles. The highest BCUT2D eigenvalue weighted by Gasteiger charge is 2.44. The second kappa shape index (κ2) is 10.6. The van der Waals surface area contributed by atoms with Crippen molar-refractivity contribution in [2.45, 2.75) is 30.1 Å². The number of aromatic nitrogens is 4. The third-order valence-electron chi connectivity index (χ3n) is 8.48. The molecule has 1 aromatic carbocycles. The van der Waals surface area contributed by atoms with Gasteiger partial charge in [-0.3, -0.25) is 9.78 Å². The molecular weight excluding hydrogens is 555 g/mol. The Hall–Kier alpha value is -4.22. The fourth-order valence-electron chi connectivity index (χ4n) is 6.32. The SMILES string of the molecule is O=C(c1ccccn1)[C@@H]1c2cnn(-c3ccc(F)cc3)c2C=C2CCN(S(=O)(=O)c3ccc(N4CCCC4)nc3)C[C@@H]21. The zero-order valence-electron chi connectivity index (χ0n) is 22.8. The van der Waals surface area contributed by atoms with E-state index in [0.717, 1.165) is 43.0 Å². The maximum Gasteiger partial charge on any atom is 0.244 e. The van der Waals surface area contributed by atoms with Crippen molar-refractivity contribution in [1.82, 2.24) is 24.1 Å². The standard InChI is InChI=1S/C31H29FN6O3S/c32-22-6-8-23(9-7-22)38-28-17-21-12-16-37(42(40,41)24-10-11-29(34-18-24)36-14-3-4-15-36)20-26(21)30(25(28)19-35-38)31(39)27-5-1-2-13-33-27/h1-2,5-11,13,17-19,26,30H,3-4,12,14-16,20H2/t26-,30+/m0/s1. The van der Waals surface area contributed by atoms with Gasteiger partial charge in [-0.2, -0.15) is 9.40 Å².